The van der Waals surface area contributed by atoms with Crippen LogP contribution in [0.25, 0.3) is 0 Å². The standard InChI is InChI=1S/C20H22N4O3/c1-12-20(27)16(14(10-25)8-21-12)9-24-6-5-17-18(23-11-22-17)19(24)13-3-2-4-15(26)7-13/h2-4,7-8,11,19,25-27H,5-6,9-10H2,1H3,(H,22,23). The smallest absolute Gasteiger partial charge is 0.141 e. The molecule has 2 aromatic heterocycles. The average Bonchev–Trinajstić information content (AvgIpc) is 3.14. The monoisotopic (exact) mass is 366 g/mol. The molecule has 0 spiro atoms. The molecule has 0 fully saturated rings. The molecule has 3 heterocycles. The Morgan fingerprint density at radius 3 is 2.89 bits per heavy atom. The summed E-state index contributed by atoms with van der Waals surface area (Å²) in [6.45, 7) is 2.75. The number of rotatable bonds is 4. The number of pyridine rings is 1. The molecule has 3 aromatic rings. The lowest BCUT2D eigenvalue weighted by molar-refractivity contribution is 0.194. The van der Waals surface area contributed by atoms with Crippen LogP contribution in [0.5, 0.6) is 11.5 Å². The summed E-state index contributed by atoms with van der Waals surface area (Å²) in [5, 5.41) is 30.2. The first kappa shape index (κ1) is 17.5. The Morgan fingerprint density at radius 2 is 2.11 bits per heavy atom. The number of nitrogens with one attached hydrogen (secondary N) is 1. The highest BCUT2D eigenvalue weighted by molar-refractivity contribution is 5.42. The summed E-state index contributed by atoms with van der Waals surface area (Å²) in [5.41, 5.74) is 4.75. The third kappa shape index (κ3) is 3.15. The van der Waals surface area contributed by atoms with E-state index >= 15 is 0 Å². The number of imidazole rings is 1. The first-order valence-electron chi connectivity index (χ1n) is 8.90. The zero-order chi connectivity index (χ0) is 19.0. The van der Waals surface area contributed by atoms with Crippen molar-refractivity contribution in [3.05, 3.63) is 70.6 Å². The van der Waals surface area contributed by atoms with Crippen molar-refractivity contribution in [1.82, 2.24) is 19.9 Å². The SMILES string of the molecule is Cc1ncc(CO)c(CN2CCc3[nH]cnc3C2c2cccc(O)c2)c1O. The third-order valence-electron chi connectivity index (χ3n) is 5.17. The van der Waals surface area contributed by atoms with Crippen molar-refractivity contribution < 1.29 is 15.3 Å². The van der Waals surface area contributed by atoms with Crippen LogP contribution in [0, 0.1) is 6.92 Å². The van der Waals surface area contributed by atoms with Gasteiger partial charge in [0.1, 0.15) is 11.5 Å². The lowest BCUT2D eigenvalue weighted by Crippen LogP contribution is -2.36. The largest absolute Gasteiger partial charge is 0.508 e. The summed E-state index contributed by atoms with van der Waals surface area (Å²) in [7, 11) is 0. The highest BCUT2D eigenvalue weighted by Gasteiger charge is 2.32. The van der Waals surface area contributed by atoms with Crippen LogP contribution >= 0.6 is 0 Å². The van der Waals surface area contributed by atoms with Gasteiger partial charge in [0.25, 0.3) is 0 Å². The molecule has 4 N–H and O–H groups in total. The molecule has 1 unspecified atom stereocenters. The predicted octanol–water partition coefficient (Wildman–Crippen LogP) is 2.16. The normalized spacial score (nSPS) is 17.0. The van der Waals surface area contributed by atoms with Crippen LogP contribution in [0.2, 0.25) is 0 Å². The summed E-state index contributed by atoms with van der Waals surface area (Å²) in [5.74, 6) is 0.317. The summed E-state index contributed by atoms with van der Waals surface area (Å²) in [6, 6.07) is 7.00. The van der Waals surface area contributed by atoms with Crippen molar-refractivity contribution in [3.63, 3.8) is 0 Å². The number of aromatic nitrogens is 3. The van der Waals surface area contributed by atoms with Gasteiger partial charge in [0.05, 0.1) is 30.4 Å². The van der Waals surface area contributed by atoms with E-state index in [2.05, 4.69) is 19.9 Å². The van der Waals surface area contributed by atoms with Crippen LogP contribution in [-0.4, -0.2) is 41.7 Å². The van der Waals surface area contributed by atoms with E-state index < -0.39 is 0 Å². The number of benzene rings is 1. The van der Waals surface area contributed by atoms with Crippen molar-refractivity contribution >= 4 is 0 Å². The number of H-pyrrole nitrogens is 1. The van der Waals surface area contributed by atoms with Crippen LogP contribution in [-0.2, 0) is 19.6 Å². The summed E-state index contributed by atoms with van der Waals surface area (Å²) < 4.78 is 0. The van der Waals surface area contributed by atoms with Crippen molar-refractivity contribution in [2.45, 2.75) is 32.5 Å². The summed E-state index contributed by atoms with van der Waals surface area (Å²) in [6.07, 6.45) is 4.11. The Morgan fingerprint density at radius 1 is 1.26 bits per heavy atom. The maximum absolute atomic E-state index is 10.5. The van der Waals surface area contributed by atoms with Gasteiger partial charge in [-0.05, 0) is 24.6 Å². The lowest BCUT2D eigenvalue weighted by atomic mass is 9.94. The number of fused-ring (bicyclic) bond motifs is 1. The molecule has 0 bridgehead atoms. The molecule has 0 saturated heterocycles. The Kier molecular flexibility index (Phi) is 4.55. The van der Waals surface area contributed by atoms with Crippen LogP contribution in [0.15, 0.2) is 36.8 Å². The van der Waals surface area contributed by atoms with E-state index in [1.165, 1.54) is 0 Å². The molecule has 1 atom stereocenters. The molecule has 27 heavy (non-hydrogen) atoms. The van der Waals surface area contributed by atoms with Crippen molar-refractivity contribution in [3.8, 4) is 11.5 Å². The Balaban J connectivity index is 1.77. The van der Waals surface area contributed by atoms with Gasteiger partial charge in [-0.1, -0.05) is 12.1 Å². The van der Waals surface area contributed by atoms with Crippen LogP contribution in [0.1, 0.15) is 39.8 Å². The molecule has 1 aromatic carbocycles. The fourth-order valence-electron chi connectivity index (χ4n) is 3.76. The first-order chi connectivity index (χ1) is 13.1. The maximum Gasteiger partial charge on any atom is 0.141 e. The van der Waals surface area contributed by atoms with Gasteiger partial charge >= 0.3 is 0 Å². The first-order valence-corrected chi connectivity index (χ1v) is 8.90. The molecule has 0 saturated carbocycles. The van der Waals surface area contributed by atoms with Gasteiger partial charge in [0, 0.05) is 42.5 Å². The van der Waals surface area contributed by atoms with Gasteiger partial charge in [-0.2, -0.15) is 0 Å². The topological polar surface area (TPSA) is 106 Å². The van der Waals surface area contributed by atoms with Gasteiger partial charge in [-0.25, -0.2) is 4.98 Å². The minimum Gasteiger partial charge on any atom is -0.508 e. The van der Waals surface area contributed by atoms with Crippen molar-refractivity contribution in [1.29, 1.82) is 0 Å². The highest BCUT2D eigenvalue weighted by Crippen LogP contribution is 2.37. The van der Waals surface area contributed by atoms with Gasteiger partial charge in [-0.15, -0.1) is 0 Å². The average molecular weight is 366 g/mol. The second kappa shape index (κ2) is 7.02. The predicted molar refractivity (Wildman–Crippen MR) is 99.2 cm³/mol. The van der Waals surface area contributed by atoms with Crippen molar-refractivity contribution in [2.75, 3.05) is 6.54 Å². The highest BCUT2D eigenvalue weighted by atomic mass is 16.3. The molecule has 1 aliphatic rings. The zero-order valence-electron chi connectivity index (χ0n) is 15.1. The second-order valence-electron chi connectivity index (χ2n) is 6.84. The molecule has 4 rings (SSSR count). The van der Waals surface area contributed by atoms with Crippen LogP contribution in [0.4, 0.5) is 0 Å². The van der Waals surface area contributed by atoms with Gasteiger partial charge in [0.15, 0.2) is 0 Å². The number of phenolic OH excluding ortho intramolecular Hbond substituents is 1. The fourth-order valence-corrected chi connectivity index (χ4v) is 3.76. The number of aromatic amines is 1. The molecule has 0 radical (unpaired) electrons. The van der Waals surface area contributed by atoms with Gasteiger partial charge in [-0.3, -0.25) is 9.88 Å². The number of phenols is 1. The van der Waals surface area contributed by atoms with Crippen LogP contribution < -0.4 is 0 Å². The van der Waals surface area contributed by atoms with E-state index in [4.69, 9.17) is 0 Å². The maximum atomic E-state index is 10.5. The van der Waals surface area contributed by atoms with E-state index in [9.17, 15) is 15.3 Å². The number of nitrogens with zero attached hydrogens (tertiary/aromatic N) is 3. The Labute approximate surface area is 157 Å². The number of aliphatic hydroxyl groups is 1. The van der Waals surface area contributed by atoms with Crippen LogP contribution in [0.3, 0.4) is 0 Å². The molecule has 140 valence electrons. The summed E-state index contributed by atoms with van der Waals surface area (Å²) in [4.78, 5) is 14.1. The minimum absolute atomic E-state index is 0.115. The molecule has 7 heteroatoms. The third-order valence-corrected chi connectivity index (χ3v) is 5.17. The molecule has 7 nitrogen and oxygen atoms in total. The van der Waals surface area contributed by atoms with E-state index in [-0.39, 0.29) is 24.1 Å². The Hall–Kier alpha value is -2.90. The fraction of sp³-hybridized carbons (Fsp3) is 0.300. The number of hydrogen-bond acceptors (Lipinski definition) is 6. The van der Waals surface area contributed by atoms with E-state index in [0.29, 0.717) is 23.4 Å². The van der Waals surface area contributed by atoms with Gasteiger partial charge < -0.3 is 20.3 Å². The molecular formula is C20H22N4O3. The zero-order valence-corrected chi connectivity index (χ0v) is 15.1. The Bertz CT molecular complexity index is 970. The summed E-state index contributed by atoms with van der Waals surface area (Å²) >= 11 is 0. The van der Waals surface area contributed by atoms with Gasteiger partial charge in [0.2, 0.25) is 0 Å². The molecule has 0 amide bonds. The second-order valence-corrected chi connectivity index (χ2v) is 6.84. The lowest BCUT2D eigenvalue weighted by Gasteiger charge is -2.35. The van der Waals surface area contributed by atoms with E-state index in [0.717, 1.165) is 29.9 Å². The molecule has 0 aliphatic carbocycles. The molecule has 1 aliphatic heterocycles. The van der Waals surface area contributed by atoms with E-state index in [1.54, 1.807) is 31.6 Å². The van der Waals surface area contributed by atoms with E-state index in [1.807, 2.05) is 12.1 Å². The molecular weight excluding hydrogens is 344 g/mol. The number of aryl methyl sites for hydroxylation is 1. The number of hydrogen-bond donors (Lipinski definition) is 4. The minimum atomic E-state index is -0.186. The number of aromatic hydroxyl groups is 2. The van der Waals surface area contributed by atoms with Crippen molar-refractivity contribution in [2.24, 2.45) is 0 Å². The number of aliphatic hydroxyl groups excluding tert-OH is 1. The quantitative estimate of drug-likeness (QED) is 0.564.